The van der Waals surface area contributed by atoms with Crippen LogP contribution in [0.15, 0.2) is 29.3 Å². The van der Waals surface area contributed by atoms with Crippen LogP contribution >= 0.6 is 24.0 Å². The Hall–Kier alpha value is -1.10. The maximum Gasteiger partial charge on any atom is 0.191 e. The van der Waals surface area contributed by atoms with Crippen molar-refractivity contribution in [1.29, 1.82) is 0 Å². The molecule has 1 saturated heterocycles. The van der Waals surface area contributed by atoms with Crippen LogP contribution in [0.2, 0.25) is 0 Å². The number of halogens is 1. The molecule has 0 saturated carbocycles. The second-order valence-corrected chi connectivity index (χ2v) is 7.92. The average molecular weight is 548 g/mol. The van der Waals surface area contributed by atoms with Gasteiger partial charge in [-0.3, -0.25) is 9.89 Å². The molecule has 1 aliphatic rings. The highest BCUT2D eigenvalue weighted by molar-refractivity contribution is 14.0. The molecule has 2 N–H and O–H groups in total. The molecule has 1 atom stereocenters. The molecule has 7 nitrogen and oxygen atoms in total. The molecule has 1 heterocycles. The van der Waals surface area contributed by atoms with E-state index < -0.39 is 0 Å². The fourth-order valence-electron chi connectivity index (χ4n) is 3.84. The normalized spacial score (nSPS) is 16.0. The third-order valence-electron chi connectivity index (χ3n) is 5.70. The van der Waals surface area contributed by atoms with Gasteiger partial charge in [-0.05, 0) is 63.6 Å². The number of likely N-dealkylation sites (N-methyl/N-ethyl adjacent to an activating group) is 1. The van der Waals surface area contributed by atoms with Gasteiger partial charge in [0.2, 0.25) is 0 Å². The minimum Gasteiger partial charge on any atom is -0.497 e. The van der Waals surface area contributed by atoms with E-state index in [0.717, 1.165) is 64.0 Å². The molecule has 178 valence electrons. The Morgan fingerprint density at radius 1 is 1.10 bits per heavy atom. The van der Waals surface area contributed by atoms with Crippen molar-refractivity contribution in [3.8, 4) is 5.75 Å². The van der Waals surface area contributed by atoms with Gasteiger partial charge in [0.25, 0.3) is 0 Å². The fourth-order valence-corrected chi connectivity index (χ4v) is 3.84. The summed E-state index contributed by atoms with van der Waals surface area (Å²) < 4.78 is 10.5. The van der Waals surface area contributed by atoms with Gasteiger partial charge in [0.15, 0.2) is 5.96 Å². The molecule has 1 aliphatic heterocycles. The summed E-state index contributed by atoms with van der Waals surface area (Å²) in [5, 5.41) is 7.00. The quantitative estimate of drug-likeness (QED) is 0.182. The molecule has 1 unspecified atom stereocenters. The van der Waals surface area contributed by atoms with Gasteiger partial charge < -0.3 is 25.0 Å². The predicted octanol–water partition coefficient (Wildman–Crippen LogP) is 2.97. The van der Waals surface area contributed by atoms with Gasteiger partial charge in [-0.2, -0.15) is 0 Å². The number of aliphatic imine (C=N–C) groups is 1. The van der Waals surface area contributed by atoms with Crippen LogP contribution in [0.25, 0.3) is 0 Å². The average Bonchev–Trinajstić information content (AvgIpc) is 2.80. The highest BCUT2D eigenvalue weighted by Crippen LogP contribution is 2.25. The largest absolute Gasteiger partial charge is 0.497 e. The third-order valence-corrected chi connectivity index (χ3v) is 5.70. The van der Waals surface area contributed by atoms with Gasteiger partial charge >= 0.3 is 0 Å². The number of hydrogen-bond donors (Lipinski definition) is 2. The van der Waals surface area contributed by atoms with E-state index in [1.807, 2.05) is 7.05 Å². The van der Waals surface area contributed by atoms with Crippen molar-refractivity contribution in [3.63, 3.8) is 0 Å². The number of methoxy groups -OCH3 is 2. The molecular weight excluding hydrogens is 505 g/mol. The zero-order chi connectivity index (χ0) is 21.6. The number of likely N-dealkylation sites (tertiary alicyclic amines) is 1. The van der Waals surface area contributed by atoms with Gasteiger partial charge in [-0.15, -0.1) is 24.0 Å². The monoisotopic (exact) mass is 547 g/mol. The van der Waals surface area contributed by atoms with Crippen molar-refractivity contribution in [2.24, 2.45) is 4.99 Å². The standard InChI is InChI=1S/C23H41N5O2.HI/c1-24-23(25-13-8-14-27(2)17-18-29-3)26-19-22(28-15-6-5-7-16-28)20-9-11-21(30-4)12-10-20;/h9-12,22H,5-8,13-19H2,1-4H3,(H2,24,25,26);1H. The number of guanidine groups is 1. The zero-order valence-electron chi connectivity index (χ0n) is 19.7. The Labute approximate surface area is 206 Å². The van der Waals surface area contributed by atoms with Crippen LogP contribution in [0, 0.1) is 0 Å². The number of piperidine rings is 1. The summed E-state index contributed by atoms with van der Waals surface area (Å²) in [6.07, 6.45) is 4.95. The van der Waals surface area contributed by atoms with Crippen LogP contribution in [-0.2, 0) is 4.74 Å². The van der Waals surface area contributed by atoms with Gasteiger partial charge in [-0.25, -0.2) is 0 Å². The molecule has 1 aromatic rings. The molecule has 1 fully saturated rings. The highest BCUT2D eigenvalue weighted by atomic mass is 127. The van der Waals surface area contributed by atoms with Crippen molar-refractivity contribution in [3.05, 3.63) is 29.8 Å². The molecule has 31 heavy (non-hydrogen) atoms. The van der Waals surface area contributed by atoms with E-state index in [9.17, 15) is 0 Å². The van der Waals surface area contributed by atoms with Crippen LogP contribution in [0.5, 0.6) is 5.75 Å². The van der Waals surface area contributed by atoms with Crippen LogP contribution in [-0.4, -0.2) is 89.9 Å². The molecule has 0 radical (unpaired) electrons. The third kappa shape index (κ3) is 10.4. The molecule has 0 amide bonds. The lowest BCUT2D eigenvalue weighted by Gasteiger charge is -2.35. The van der Waals surface area contributed by atoms with Crippen molar-refractivity contribution in [1.82, 2.24) is 20.4 Å². The Kier molecular flexibility index (Phi) is 14.9. The summed E-state index contributed by atoms with van der Waals surface area (Å²) in [5.41, 5.74) is 1.32. The van der Waals surface area contributed by atoms with Crippen molar-refractivity contribution in [2.75, 3.05) is 74.2 Å². The summed E-state index contributed by atoms with van der Waals surface area (Å²) in [6.45, 7) is 6.80. The van der Waals surface area contributed by atoms with E-state index in [1.165, 1.54) is 24.8 Å². The molecule has 0 aliphatic carbocycles. The second-order valence-electron chi connectivity index (χ2n) is 7.92. The number of nitrogens with one attached hydrogen (secondary N) is 2. The van der Waals surface area contributed by atoms with E-state index in [0.29, 0.717) is 6.04 Å². The number of benzene rings is 1. The van der Waals surface area contributed by atoms with E-state index in [1.54, 1.807) is 14.2 Å². The summed E-state index contributed by atoms with van der Waals surface area (Å²) in [4.78, 5) is 9.30. The van der Waals surface area contributed by atoms with Crippen LogP contribution in [0.1, 0.15) is 37.3 Å². The van der Waals surface area contributed by atoms with Crippen molar-refractivity contribution < 1.29 is 9.47 Å². The smallest absolute Gasteiger partial charge is 0.191 e. The van der Waals surface area contributed by atoms with Crippen LogP contribution in [0.4, 0.5) is 0 Å². The topological polar surface area (TPSA) is 61.4 Å². The fraction of sp³-hybridized carbons (Fsp3) is 0.696. The van der Waals surface area contributed by atoms with Crippen LogP contribution < -0.4 is 15.4 Å². The second kappa shape index (κ2) is 16.5. The SMILES string of the molecule is CN=C(NCCCN(C)CCOC)NCC(c1ccc(OC)cc1)N1CCCCC1.I. The minimum atomic E-state index is 0. The molecule has 0 spiro atoms. The Morgan fingerprint density at radius 3 is 2.42 bits per heavy atom. The summed E-state index contributed by atoms with van der Waals surface area (Å²) >= 11 is 0. The minimum absolute atomic E-state index is 0. The van der Waals surface area contributed by atoms with E-state index >= 15 is 0 Å². The summed E-state index contributed by atoms with van der Waals surface area (Å²) in [5.74, 6) is 1.77. The molecule has 0 bridgehead atoms. The first-order valence-electron chi connectivity index (χ1n) is 11.2. The van der Waals surface area contributed by atoms with Crippen LogP contribution in [0.3, 0.4) is 0 Å². The lowest BCUT2D eigenvalue weighted by atomic mass is 10.0. The lowest BCUT2D eigenvalue weighted by molar-refractivity contribution is 0.160. The molecule has 8 heteroatoms. The van der Waals surface area contributed by atoms with Gasteiger partial charge in [0.05, 0.1) is 19.8 Å². The van der Waals surface area contributed by atoms with Gasteiger partial charge in [0.1, 0.15) is 5.75 Å². The van der Waals surface area contributed by atoms with Crippen molar-refractivity contribution in [2.45, 2.75) is 31.7 Å². The number of nitrogens with zero attached hydrogens (tertiary/aromatic N) is 3. The number of hydrogen-bond acceptors (Lipinski definition) is 5. The summed E-state index contributed by atoms with van der Waals surface area (Å²) in [6, 6.07) is 8.81. The Bertz CT molecular complexity index is 608. The first-order valence-corrected chi connectivity index (χ1v) is 11.2. The number of rotatable bonds is 12. The Balaban J connectivity index is 0.00000480. The van der Waals surface area contributed by atoms with E-state index in [2.05, 4.69) is 56.7 Å². The zero-order valence-corrected chi connectivity index (χ0v) is 22.1. The first kappa shape index (κ1) is 27.9. The lowest BCUT2D eigenvalue weighted by Crippen LogP contribution is -2.45. The number of ether oxygens (including phenoxy) is 2. The molecular formula is C23H42IN5O2. The van der Waals surface area contributed by atoms with Gasteiger partial charge in [0, 0.05) is 33.8 Å². The van der Waals surface area contributed by atoms with E-state index in [4.69, 9.17) is 9.47 Å². The maximum atomic E-state index is 5.33. The molecule has 0 aromatic heterocycles. The first-order chi connectivity index (χ1) is 14.7. The highest BCUT2D eigenvalue weighted by Gasteiger charge is 2.22. The predicted molar refractivity (Wildman–Crippen MR) is 140 cm³/mol. The van der Waals surface area contributed by atoms with E-state index in [-0.39, 0.29) is 24.0 Å². The Morgan fingerprint density at radius 2 is 1.81 bits per heavy atom. The van der Waals surface area contributed by atoms with Crippen molar-refractivity contribution >= 4 is 29.9 Å². The molecule has 1 aromatic carbocycles. The van der Waals surface area contributed by atoms with Gasteiger partial charge in [-0.1, -0.05) is 18.6 Å². The molecule has 2 rings (SSSR count). The maximum absolute atomic E-state index is 5.33. The summed E-state index contributed by atoms with van der Waals surface area (Å²) in [7, 11) is 7.42.